The molecular formula is C20H25N5O3. The van der Waals surface area contributed by atoms with Crippen molar-refractivity contribution < 1.29 is 14.6 Å². The number of anilines is 2. The Hall–Kier alpha value is -3.00. The third kappa shape index (κ3) is 4.64. The zero-order valence-corrected chi connectivity index (χ0v) is 16.2. The van der Waals surface area contributed by atoms with Gasteiger partial charge in [0.2, 0.25) is 0 Å². The van der Waals surface area contributed by atoms with Gasteiger partial charge in [-0.15, -0.1) is 0 Å². The van der Waals surface area contributed by atoms with E-state index in [0.29, 0.717) is 47.9 Å². The Balaban J connectivity index is 1.86. The molecule has 28 heavy (non-hydrogen) atoms. The van der Waals surface area contributed by atoms with E-state index in [4.69, 9.17) is 4.74 Å². The van der Waals surface area contributed by atoms with Crippen LogP contribution in [0.4, 0.5) is 11.6 Å². The van der Waals surface area contributed by atoms with Crippen LogP contribution in [0.2, 0.25) is 0 Å². The van der Waals surface area contributed by atoms with Crippen molar-refractivity contribution in [2.75, 3.05) is 11.9 Å². The van der Waals surface area contributed by atoms with Crippen LogP contribution in [0.25, 0.3) is 10.9 Å². The predicted molar refractivity (Wildman–Crippen MR) is 107 cm³/mol. The number of aliphatic hydroxyl groups excluding tert-OH is 1. The number of nitrogens with zero attached hydrogens (tertiary/aromatic N) is 3. The maximum Gasteiger partial charge on any atom is 0.153 e. The molecule has 1 aromatic carbocycles. The molecule has 2 aromatic heterocycles. The van der Waals surface area contributed by atoms with Crippen LogP contribution in [0.3, 0.4) is 0 Å². The third-order valence-electron chi connectivity index (χ3n) is 4.40. The number of H-pyrrole nitrogens is 1. The van der Waals surface area contributed by atoms with Crippen LogP contribution >= 0.6 is 0 Å². The zero-order chi connectivity index (χ0) is 19.9. The summed E-state index contributed by atoms with van der Waals surface area (Å²) in [5.74, 6) is 1.91. The number of aliphatic hydroxyl groups is 1. The fourth-order valence-electron chi connectivity index (χ4n) is 2.79. The van der Waals surface area contributed by atoms with Gasteiger partial charge in [0, 0.05) is 41.6 Å². The van der Waals surface area contributed by atoms with Crippen LogP contribution in [0.1, 0.15) is 44.4 Å². The van der Waals surface area contributed by atoms with E-state index in [9.17, 15) is 9.90 Å². The van der Waals surface area contributed by atoms with Gasteiger partial charge < -0.3 is 15.2 Å². The Morgan fingerprint density at radius 2 is 2.11 bits per heavy atom. The Kier molecular flexibility index (Phi) is 6.54. The van der Waals surface area contributed by atoms with Gasteiger partial charge in [0.1, 0.15) is 23.7 Å². The van der Waals surface area contributed by atoms with E-state index < -0.39 is 0 Å². The van der Waals surface area contributed by atoms with Crippen molar-refractivity contribution >= 4 is 28.3 Å². The van der Waals surface area contributed by atoms with E-state index in [2.05, 4.69) is 32.4 Å². The number of nitrogens with one attached hydrogen (secondary N) is 2. The Morgan fingerprint density at radius 1 is 1.25 bits per heavy atom. The molecule has 0 radical (unpaired) electrons. The minimum Gasteiger partial charge on any atom is -0.493 e. The Morgan fingerprint density at radius 3 is 2.86 bits per heavy atom. The van der Waals surface area contributed by atoms with E-state index >= 15 is 0 Å². The highest BCUT2D eigenvalue weighted by atomic mass is 16.5. The smallest absolute Gasteiger partial charge is 0.153 e. The van der Waals surface area contributed by atoms with Crippen molar-refractivity contribution in [2.24, 2.45) is 0 Å². The van der Waals surface area contributed by atoms with Crippen LogP contribution in [0.5, 0.6) is 5.75 Å². The summed E-state index contributed by atoms with van der Waals surface area (Å²) in [6.45, 7) is 4.39. The van der Waals surface area contributed by atoms with Gasteiger partial charge in [-0.25, -0.2) is 9.97 Å². The molecule has 0 bridgehead atoms. The van der Waals surface area contributed by atoms with Crippen molar-refractivity contribution in [3.8, 4) is 5.75 Å². The van der Waals surface area contributed by atoms with E-state index in [1.54, 1.807) is 6.07 Å². The molecule has 0 saturated heterocycles. The molecule has 8 heteroatoms. The number of carbonyl (C=O) groups excluding carboxylic acids is 1. The van der Waals surface area contributed by atoms with Crippen molar-refractivity contribution in [3.05, 3.63) is 35.8 Å². The average Bonchev–Trinajstić information content (AvgIpc) is 3.14. The molecule has 0 aliphatic carbocycles. The normalized spacial score (nSPS) is 11.0. The number of ketones is 1. The van der Waals surface area contributed by atoms with Crippen LogP contribution in [0.15, 0.2) is 24.5 Å². The molecule has 0 saturated carbocycles. The largest absolute Gasteiger partial charge is 0.493 e. The van der Waals surface area contributed by atoms with Crippen molar-refractivity contribution in [3.63, 3.8) is 0 Å². The van der Waals surface area contributed by atoms with Crippen molar-refractivity contribution in [1.29, 1.82) is 0 Å². The molecule has 0 aliphatic rings. The number of hydrogen-bond acceptors (Lipinski definition) is 7. The fourth-order valence-corrected chi connectivity index (χ4v) is 2.79. The van der Waals surface area contributed by atoms with E-state index in [-0.39, 0.29) is 12.4 Å². The second-order valence-electron chi connectivity index (χ2n) is 6.53. The number of aromatic amines is 1. The minimum absolute atomic E-state index is 0.141. The number of hydrogen-bond donors (Lipinski definition) is 3. The first kappa shape index (κ1) is 19.8. The third-order valence-corrected chi connectivity index (χ3v) is 4.40. The van der Waals surface area contributed by atoms with Gasteiger partial charge in [-0.3, -0.25) is 9.89 Å². The number of ether oxygens (including phenoxy) is 1. The number of benzene rings is 1. The van der Waals surface area contributed by atoms with Gasteiger partial charge in [0.15, 0.2) is 5.82 Å². The molecule has 0 unspecified atom stereocenters. The molecule has 3 N–H and O–H groups in total. The summed E-state index contributed by atoms with van der Waals surface area (Å²) in [6, 6.07) is 5.43. The highest BCUT2D eigenvalue weighted by molar-refractivity contribution is 5.92. The van der Waals surface area contributed by atoms with Crippen LogP contribution in [-0.2, 0) is 17.8 Å². The monoisotopic (exact) mass is 383 g/mol. The maximum atomic E-state index is 11.6. The highest BCUT2D eigenvalue weighted by Crippen LogP contribution is 2.30. The number of unbranched alkanes of at least 4 members (excludes halogenated alkanes) is 1. The van der Waals surface area contributed by atoms with Crippen LogP contribution < -0.4 is 10.1 Å². The van der Waals surface area contributed by atoms with Gasteiger partial charge in [0.05, 0.1) is 18.7 Å². The van der Waals surface area contributed by atoms with E-state index in [1.165, 1.54) is 6.33 Å². The summed E-state index contributed by atoms with van der Waals surface area (Å²) >= 11 is 0. The standard InChI is InChI=1S/C20H25N5O3/c1-3-5-6-28-18-10-17-16(7-13(18)11-26)20(22-12-21-17)23-19-9-14(24-25-19)8-15(27)4-2/h7,9-10,12,26H,3-6,8,11H2,1-2H3,(H2,21,22,23,24,25). The fraction of sp³-hybridized carbons (Fsp3) is 0.400. The lowest BCUT2D eigenvalue weighted by Crippen LogP contribution is -2.02. The Bertz CT molecular complexity index is 954. The van der Waals surface area contributed by atoms with Gasteiger partial charge in [-0.2, -0.15) is 5.10 Å². The second kappa shape index (κ2) is 9.27. The summed E-state index contributed by atoms with van der Waals surface area (Å²) in [5.41, 5.74) is 2.13. The first-order chi connectivity index (χ1) is 13.6. The lowest BCUT2D eigenvalue weighted by atomic mass is 10.1. The molecule has 2 heterocycles. The van der Waals surface area contributed by atoms with Crippen molar-refractivity contribution in [1.82, 2.24) is 20.2 Å². The summed E-state index contributed by atoms with van der Waals surface area (Å²) in [7, 11) is 0. The quantitative estimate of drug-likeness (QED) is 0.460. The molecule has 3 aromatic rings. The molecule has 0 atom stereocenters. The molecule has 148 valence electrons. The SMILES string of the molecule is CCCCOc1cc2ncnc(Nc3cc(CC(=O)CC)[nH]n3)c2cc1CO. The van der Waals surface area contributed by atoms with Gasteiger partial charge in [0.25, 0.3) is 0 Å². The molecule has 0 spiro atoms. The van der Waals surface area contributed by atoms with Crippen molar-refractivity contribution in [2.45, 2.75) is 46.1 Å². The topological polar surface area (TPSA) is 113 Å². The lowest BCUT2D eigenvalue weighted by Gasteiger charge is -2.12. The predicted octanol–water partition coefficient (Wildman–Crippen LogP) is 3.29. The molecule has 0 aliphatic heterocycles. The molecule has 0 fully saturated rings. The van der Waals surface area contributed by atoms with Gasteiger partial charge in [-0.05, 0) is 12.5 Å². The number of carbonyl (C=O) groups is 1. The first-order valence-electron chi connectivity index (χ1n) is 9.48. The summed E-state index contributed by atoms with van der Waals surface area (Å²) in [4.78, 5) is 20.2. The van der Waals surface area contributed by atoms with E-state index in [0.717, 1.165) is 23.9 Å². The summed E-state index contributed by atoms with van der Waals surface area (Å²) in [6.07, 6.45) is 4.26. The van der Waals surface area contributed by atoms with E-state index in [1.807, 2.05) is 19.1 Å². The van der Waals surface area contributed by atoms with Gasteiger partial charge in [-0.1, -0.05) is 20.3 Å². The minimum atomic E-state index is -0.141. The average molecular weight is 383 g/mol. The summed E-state index contributed by atoms with van der Waals surface area (Å²) in [5, 5.41) is 20.7. The first-order valence-corrected chi connectivity index (χ1v) is 9.48. The van der Waals surface area contributed by atoms with Crippen LogP contribution in [0, 0.1) is 0 Å². The molecule has 8 nitrogen and oxygen atoms in total. The van der Waals surface area contributed by atoms with Crippen LogP contribution in [-0.4, -0.2) is 37.7 Å². The second-order valence-corrected chi connectivity index (χ2v) is 6.53. The molecule has 3 rings (SSSR count). The summed E-state index contributed by atoms with van der Waals surface area (Å²) < 4.78 is 5.80. The molecular weight excluding hydrogens is 358 g/mol. The Labute approximate surface area is 163 Å². The molecule has 0 amide bonds. The number of Topliss-reactive ketones (excluding diaryl/α,β-unsaturated/α-hetero) is 1. The zero-order valence-electron chi connectivity index (χ0n) is 16.2. The highest BCUT2D eigenvalue weighted by Gasteiger charge is 2.12. The maximum absolute atomic E-state index is 11.6. The lowest BCUT2D eigenvalue weighted by molar-refractivity contribution is -0.118. The number of aromatic nitrogens is 4. The number of rotatable bonds is 10. The van der Waals surface area contributed by atoms with Gasteiger partial charge >= 0.3 is 0 Å². The number of fused-ring (bicyclic) bond motifs is 1.